The topological polar surface area (TPSA) is 65.5 Å². The van der Waals surface area contributed by atoms with E-state index < -0.39 is 0 Å². The summed E-state index contributed by atoms with van der Waals surface area (Å²) < 4.78 is 0. The van der Waals surface area contributed by atoms with Crippen molar-refractivity contribution in [3.8, 4) is 0 Å². The number of benzene rings is 1. The van der Waals surface area contributed by atoms with Crippen LogP contribution in [-0.2, 0) is 13.1 Å². The second-order valence-corrected chi connectivity index (χ2v) is 5.06. The molecule has 0 aliphatic rings. The van der Waals surface area contributed by atoms with Gasteiger partial charge in [0.1, 0.15) is 0 Å². The van der Waals surface area contributed by atoms with Crippen LogP contribution in [0.1, 0.15) is 17.0 Å². The Morgan fingerprint density at radius 3 is 2.64 bits per heavy atom. The lowest BCUT2D eigenvalue weighted by Gasteiger charge is -2.22. The first-order chi connectivity index (χ1) is 10.7. The summed E-state index contributed by atoms with van der Waals surface area (Å²) in [6.07, 6.45) is 0. The average Bonchev–Trinajstić information content (AvgIpc) is 2.53. The summed E-state index contributed by atoms with van der Waals surface area (Å²) in [6.45, 7) is 2.98. The van der Waals surface area contributed by atoms with E-state index in [1.807, 2.05) is 55.5 Å². The van der Waals surface area contributed by atoms with E-state index >= 15 is 0 Å². The van der Waals surface area contributed by atoms with Gasteiger partial charge in [0.05, 0.1) is 18.8 Å². The highest BCUT2D eigenvalue weighted by Crippen LogP contribution is 2.05. The molecule has 2 aromatic rings. The zero-order valence-electron chi connectivity index (χ0n) is 12.7. The minimum atomic E-state index is -0.207. The molecule has 5 heteroatoms. The highest BCUT2D eigenvalue weighted by atomic mass is 16.3. The van der Waals surface area contributed by atoms with Crippen molar-refractivity contribution in [2.45, 2.75) is 20.0 Å². The molecule has 2 rings (SSSR count). The average molecular weight is 299 g/mol. The van der Waals surface area contributed by atoms with E-state index in [2.05, 4.69) is 10.3 Å². The number of carbonyl (C=O) groups excluding carboxylic acids is 1. The maximum atomic E-state index is 12.3. The molecule has 1 heterocycles. The van der Waals surface area contributed by atoms with Crippen molar-refractivity contribution >= 4 is 6.03 Å². The maximum absolute atomic E-state index is 12.3. The van der Waals surface area contributed by atoms with Crippen molar-refractivity contribution in [3.05, 3.63) is 65.5 Å². The minimum absolute atomic E-state index is 0.0665. The van der Waals surface area contributed by atoms with Crippen LogP contribution in [-0.4, -0.2) is 34.2 Å². The van der Waals surface area contributed by atoms with Crippen LogP contribution < -0.4 is 5.32 Å². The largest absolute Gasteiger partial charge is 0.395 e. The number of aliphatic hydroxyl groups is 1. The molecule has 0 atom stereocenters. The van der Waals surface area contributed by atoms with Gasteiger partial charge in [0, 0.05) is 18.8 Å². The molecule has 0 fully saturated rings. The number of urea groups is 1. The molecule has 5 nitrogen and oxygen atoms in total. The molecule has 0 radical (unpaired) electrons. The Hall–Kier alpha value is -2.40. The third-order valence-electron chi connectivity index (χ3n) is 3.24. The molecule has 0 aliphatic heterocycles. The predicted molar refractivity (Wildman–Crippen MR) is 85.1 cm³/mol. The molecule has 116 valence electrons. The predicted octanol–water partition coefficient (Wildman–Crippen LogP) is 2.09. The minimum Gasteiger partial charge on any atom is -0.395 e. The number of nitrogens with one attached hydrogen (secondary N) is 1. The van der Waals surface area contributed by atoms with Crippen molar-refractivity contribution in [3.63, 3.8) is 0 Å². The first-order valence-electron chi connectivity index (χ1n) is 7.29. The SMILES string of the molecule is Cc1cccc(CNC(=O)N(CCO)Cc2ccccc2)n1. The Labute approximate surface area is 130 Å². The molecule has 0 aliphatic carbocycles. The smallest absolute Gasteiger partial charge is 0.318 e. The summed E-state index contributed by atoms with van der Waals surface area (Å²) in [5.41, 5.74) is 2.76. The van der Waals surface area contributed by atoms with Crippen LogP contribution in [0.15, 0.2) is 48.5 Å². The second-order valence-electron chi connectivity index (χ2n) is 5.06. The lowest BCUT2D eigenvalue weighted by atomic mass is 10.2. The number of nitrogens with zero attached hydrogens (tertiary/aromatic N) is 2. The van der Waals surface area contributed by atoms with Gasteiger partial charge in [-0.1, -0.05) is 36.4 Å². The number of aliphatic hydroxyl groups excluding tert-OH is 1. The van der Waals surface area contributed by atoms with E-state index in [1.165, 1.54) is 0 Å². The standard InChI is InChI=1S/C17H21N3O2/c1-14-6-5-9-16(19-14)12-18-17(22)20(10-11-21)13-15-7-3-2-4-8-15/h2-9,21H,10-13H2,1H3,(H,18,22). The molecule has 0 unspecified atom stereocenters. The van der Waals surface area contributed by atoms with E-state index in [9.17, 15) is 4.79 Å². The molecule has 0 saturated carbocycles. The van der Waals surface area contributed by atoms with Gasteiger partial charge in [0.25, 0.3) is 0 Å². The Morgan fingerprint density at radius 2 is 1.95 bits per heavy atom. The molecule has 22 heavy (non-hydrogen) atoms. The summed E-state index contributed by atoms with van der Waals surface area (Å²) in [4.78, 5) is 18.2. The van der Waals surface area contributed by atoms with Gasteiger partial charge >= 0.3 is 6.03 Å². The fourth-order valence-electron chi connectivity index (χ4n) is 2.15. The van der Waals surface area contributed by atoms with Crippen LogP contribution >= 0.6 is 0 Å². The Bertz CT molecular complexity index is 602. The lowest BCUT2D eigenvalue weighted by molar-refractivity contribution is 0.173. The van der Waals surface area contributed by atoms with Gasteiger partial charge in [-0.2, -0.15) is 0 Å². The molecule has 2 amide bonds. The van der Waals surface area contributed by atoms with Gasteiger partial charge in [-0.05, 0) is 24.6 Å². The van der Waals surface area contributed by atoms with Crippen molar-refractivity contribution in [1.82, 2.24) is 15.2 Å². The summed E-state index contributed by atoms with van der Waals surface area (Å²) in [7, 11) is 0. The third kappa shape index (κ3) is 4.86. The highest BCUT2D eigenvalue weighted by molar-refractivity contribution is 5.74. The number of rotatable bonds is 6. The van der Waals surface area contributed by atoms with Crippen LogP contribution in [0, 0.1) is 6.92 Å². The molecule has 0 saturated heterocycles. The van der Waals surface area contributed by atoms with Gasteiger partial charge in [-0.3, -0.25) is 4.98 Å². The fourth-order valence-corrected chi connectivity index (χ4v) is 2.15. The molecule has 1 aromatic heterocycles. The Morgan fingerprint density at radius 1 is 1.18 bits per heavy atom. The van der Waals surface area contributed by atoms with Gasteiger partial charge in [-0.15, -0.1) is 0 Å². The van der Waals surface area contributed by atoms with Crippen molar-refractivity contribution < 1.29 is 9.90 Å². The van der Waals surface area contributed by atoms with Gasteiger partial charge < -0.3 is 15.3 Å². The molecule has 0 bridgehead atoms. The molecule has 2 N–H and O–H groups in total. The third-order valence-corrected chi connectivity index (χ3v) is 3.24. The van der Waals surface area contributed by atoms with E-state index in [0.29, 0.717) is 19.6 Å². The Kier molecular flexibility index (Phi) is 5.91. The van der Waals surface area contributed by atoms with Crippen LogP contribution in [0.3, 0.4) is 0 Å². The number of hydrogen-bond donors (Lipinski definition) is 2. The first kappa shape index (κ1) is 16.0. The number of aromatic nitrogens is 1. The second kappa shape index (κ2) is 8.14. The number of amides is 2. The molecule has 0 spiro atoms. The van der Waals surface area contributed by atoms with Gasteiger partial charge in [0.15, 0.2) is 0 Å². The zero-order chi connectivity index (χ0) is 15.8. The van der Waals surface area contributed by atoms with E-state index in [0.717, 1.165) is 17.0 Å². The van der Waals surface area contributed by atoms with Gasteiger partial charge in [0.2, 0.25) is 0 Å². The van der Waals surface area contributed by atoms with Crippen LogP contribution in [0.4, 0.5) is 4.79 Å². The van der Waals surface area contributed by atoms with Crippen molar-refractivity contribution in [2.24, 2.45) is 0 Å². The van der Waals surface area contributed by atoms with E-state index in [4.69, 9.17) is 5.11 Å². The summed E-state index contributed by atoms with van der Waals surface area (Å²) >= 11 is 0. The zero-order valence-corrected chi connectivity index (χ0v) is 12.7. The molecule has 1 aromatic carbocycles. The van der Waals surface area contributed by atoms with E-state index in [-0.39, 0.29) is 12.6 Å². The van der Waals surface area contributed by atoms with E-state index in [1.54, 1.807) is 4.90 Å². The lowest BCUT2D eigenvalue weighted by Crippen LogP contribution is -2.40. The van der Waals surface area contributed by atoms with Crippen molar-refractivity contribution in [2.75, 3.05) is 13.2 Å². The summed E-state index contributed by atoms with van der Waals surface area (Å²) in [6, 6.07) is 15.2. The number of pyridine rings is 1. The van der Waals surface area contributed by atoms with Gasteiger partial charge in [-0.25, -0.2) is 4.79 Å². The summed E-state index contributed by atoms with van der Waals surface area (Å²) in [5.74, 6) is 0. The normalized spacial score (nSPS) is 10.3. The van der Waals surface area contributed by atoms with Crippen LogP contribution in [0.5, 0.6) is 0 Å². The number of carbonyl (C=O) groups is 1. The maximum Gasteiger partial charge on any atom is 0.318 e. The quantitative estimate of drug-likeness (QED) is 0.858. The van der Waals surface area contributed by atoms with Crippen molar-refractivity contribution in [1.29, 1.82) is 0 Å². The first-order valence-corrected chi connectivity index (χ1v) is 7.29. The van der Waals surface area contributed by atoms with Crippen LogP contribution in [0.25, 0.3) is 0 Å². The Balaban J connectivity index is 1.94. The number of hydrogen-bond acceptors (Lipinski definition) is 3. The van der Waals surface area contributed by atoms with Crippen LogP contribution in [0.2, 0.25) is 0 Å². The number of aryl methyl sites for hydroxylation is 1. The molecular weight excluding hydrogens is 278 g/mol. The fraction of sp³-hybridized carbons (Fsp3) is 0.294. The molecular formula is C17H21N3O2. The highest BCUT2D eigenvalue weighted by Gasteiger charge is 2.13. The summed E-state index contributed by atoms with van der Waals surface area (Å²) in [5, 5.41) is 12.0. The monoisotopic (exact) mass is 299 g/mol.